The third-order valence-electron chi connectivity index (χ3n) is 5.03. The molecule has 0 spiro atoms. The summed E-state index contributed by atoms with van der Waals surface area (Å²) in [4.78, 5) is 15.8. The van der Waals surface area contributed by atoms with E-state index in [1.807, 2.05) is 18.2 Å². The van der Waals surface area contributed by atoms with Crippen molar-refractivity contribution >= 4 is 11.3 Å². The highest BCUT2D eigenvalue weighted by atomic mass is 32.1. The van der Waals surface area contributed by atoms with Gasteiger partial charge in [0.05, 0.1) is 18.8 Å². The Morgan fingerprint density at radius 1 is 1.14 bits per heavy atom. The van der Waals surface area contributed by atoms with Crippen molar-refractivity contribution in [1.82, 2.24) is 25.2 Å². The van der Waals surface area contributed by atoms with Crippen molar-refractivity contribution < 1.29 is 4.74 Å². The summed E-state index contributed by atoms with van der Waals surface area (Å²) >= 11 is 1.58. The Balaban J connectivity index is 1.43. The van der Waals surface area contributed by atoms with Gasteiger partial charge in [0.25, 0.3) is 0 Å². The molecule has 7 heteroatoms. The summed E-state index contributed by atoms with van der Waals surface area (Å²) in [7, 11) is 1.75. The van der Waals surface area contributed by atoms with E-state index in [0.717, 1.165) is 42.6 Å². The van der Waals surface area contributed by atoms with Crippen LogP contribution in [0.1, 0.15) is 30.1 Å². The van der Waals surface area contributed by atoms with Crippen molar-refractivity contribution in [3.63, 3.8) is 0 Å². The zero-order valence-electron chi connectivity index (χ0n) is 16.0. The lowest BCUT2D eigenvalue weighted by Gasteiger charge is -2.29. The highest BCUT2D eigenvalue weighted by Crippen LogP contribution is 2.31. The van der Waals surface area contributed by atoms with Crippen molar-refractivity contribution in [2.24, 2.45) is 0 Å². The predicted molar refractivity (Wildman–Crippen MR) is 111 cm³/mol. The number of hydrogen-bond acceptors (Lipinski definition) is 7. The maximum Gasteiger partial charge on any atom is 0.188 e. The second-order valence-electron chi connectivity index (χ2n) is 6.85. The first kappa shape index (κ1) is 19.0. The van der Waals surface area contributed by atoms with Crippen LogP contribution in [0.25, 0.3) is 10.8 Å². The standard InChI is InChI=1S/C21H25N5OS/c1-27-19-8-3-2-7-17(19)18(26-11-4-5-12-26)14-22-13-16-15-28-21(25-16)20-23-9-6-10-24-20/h2-3,6-10,15,18,22H,4-5,11-14H2,1H3. The van der Waals surface area contributed by atoms with E-state index in [1.54, 1.807) is 30.8 Å². The number of nitrogens with zero attached hydrogens (tertiary/aromatic N) is 4. The summed E-state index contributed by atoms with van der Waals surface area (Å²) in [5.74, 6) is 1.64. The molecule has 4 rings (SSSR count). The second-order valence-corrected chi connectivity index (χ2v) is 7.71. The van der Waals surface area contributed by atoms with Crippen LogP contribution in [0.15, 0.2) is 48.1 Å². The number of para-hydroxylation sites is 1. The number of nitrogens with one attached hydrogen (secondary N) is 1. The lowest BCUT2D eigenvalue weighted by molar-refractivity contribution is 0.232. The van der Waals surface area contributed by atoms with E-state index in [9.17, 15) is 0 Å². The van der Waals surface area contributed by atoms with Gasteiger partial charge in [-0.3, -0.25) is 4.90 Å². The third kappa shape index (κ3) is 4.38. The minimum Gasteiger partial charge on any atom is -0.496 e. The number of hydrogen-bond donors (Lipinski definition) is 1. The van der Waals surface area contributed by atoms with Crippen LogP contribution >= 0.6 is 11.3 Å². The number of benzene rings is 1. The minimum absolute atomic E-state index is 0.300. The van der Waals surface area contributed by atoms with Gasteiger partial charge in [-0.15, -0.1) is 11.3 Å². The molecule has 0 aliphatic carbocycles. The van der Waals surface area contributed by atoms with E-state index in [-0.39, 0.29) is 0 Å². The SMILES string of the molecule is COc1ccccc1C(CNCc1csc(-c2ncccn2)n1)N1CCCC1. The highest BCUT2D eigenvalue weighted by Gasteiger charge is 2.25. The van der Waals surface area contributed by atoms with Crippen molar-refractivity contribution in [2.75, 3.05) is 26.7 Å². The van der Waals surface area contributed by atoms with Crippen LogP contribution in [-0.4, -0.2) is 46.6 Å². The molecule has 1 N–H and O–H groups in total. The molecular formula is C21H25N5OS. The maximum absolute atomic E-state index is 5.62. The fraction of sp³-hybridized carbons (Fsp3) is 0.381. The average molecular weight is 396 g/mol. The topological polar surface area (TPSA) is 63.2 Å². The molecular weight excluding hydrogens is 370 g/mol. The molecule has 1 aliphatic heterocycles. The van der Waals surface area contributed by atoms with Gasteiger partial charge in [-0.1, -0.05) is 18.2 Å². The van der Waals surface area contributed by atoms with Crippen molar-refractivity contribution in [3.05, 3.63) is 59.4 Å². The Labute approximate surface area is 169 Å². The molecule has 0 bridgehead atoms. The lowest BCUT2D eigenvalue weighted by atomic mass is 10.0. The highest BCUT2D eigenvalue weighted by molar-refractivity contribution is 7.13. The Morgan fingerprint density at radius 3 is 2.71 bits per heavy atom. The molecule has 0 amide bonds. The minimum atomic E-state index is 0.300. The maximum atomic E-state index is 5.62. The van der Waals surface area contributed by atoms with Gasteiger partial charge in [-0.05, 0) is 38.1 Å². The Morgan fingerprint density at radius 2 is 1.93 bits per heavy atom. The lowest BCUT2D eigenvalue weighted by Crippen LogP contribution is -2.34. The summed E-state index contributed by atoms with van der Waals surface area (Å²) in [6.07, 6.45) is 6.02. The van der Waals surface area contributed by atoms with E-state index in [4.69, 9.17) is 4.74 Å². The molecule has 3 aromatic rings. The smallest absolute Gasteiger partial charge is 0.188 e. The zero-order chi connectivity index (χ0) is 19.2. The van der Waals surface area contributed by atoms with Crippen LogP contribution in [0.5, 0.6) is 5.75 Å². The van der Waals surface area contributed by atoms with E-state index in [2.05, 4.69) is 42.7 Å². The largest absolute Gasteiger partial charge is 0.496 e. The molecule has 6 nitrogen and oxygen atoms in total. The van der Waals surface area contributed by atoms with Crippen molar-refractivity contribution in [3.8, 4) is 16.6 Å². The van der Waals surface area contributed by atoms with Crippen LogP contribution in [0.4, 0.5) is 0 Å². The van der Waals surface area contributed by atoms with Gasteiger partial charge in [-0.2, -0.15) is 0 Å². The van der Waals surface area contributed by atoms with Gasteiger partial charge in [-0.25, -0.2) is 15.0 Å². The second kappa shape index (κ2) is 9.23. The molecule has 1 aromatic carbocycles. The van der Waals surface area contributed by atoms with E-state index >= 15 is 0 Å². The van der Waals surface area contributed by atoms with Gasteiger partial charge in [0.1, 0.15) is 5.75 Å². The quantitative estimate of drug-likeness (QED) is 0.629. The van der Waals surface area contributed by atoms with Gasteiger partial charge in [0.2, 0.25) is 0 Å². The number of rotatable bonds is 8. The summed E-state index contributed by atoms with van der Waals surface area (Å²) < 4.78 is 5.62. The molecule has 3 heterocycles. The molecule has 1 atom stereocenters. The molecule has 1 unspecified atom stereocenters. The number of likely N-dealkylation sites (tertiary alicyclic amines) is 1. The summed E-state index contributed by atoms with van der Waals surface area (Å²) in [5, 5.41) is 6.53. The normalized spacial score (nSPS) is 15.6. The van der Waals surface area contributed by atoms with Gasteiger partial charge in [0, 0.05) is 36.4 Å². The summed E-state index contributed by atoms with van der Waals surface area (Å²) in [5.41, 5.74) is 2.27. The van der Waals surface area contributed by atoms with Gasteiger partial charge in [0.15, 0.2) is 10.8 Å². The molecule has 1 aliphatic rings. The number of aromatic nitrogens is 3. The number of thiazole rings is 1. The zero-order valence-corrected chi connectivity index (χ0v) is 16.9. The van der Waals surface area contributed by atoms with Crippen molar-refractivity contribution in [1.29, 1.82) is 0 Å². The Hall–Kier alpha value is -2.35. The average Bonchev–Trinajstić information content (AvgIpc) is 3.44. The van der Waals surface area contributed by atoms with E-state index < -0.39 is 0 Å². The Bertz CT molecular complexity index is 879. The molecule has 28 heavy (non-hydrogen) atoms. The van der Waals surface area contributed by atoms with Crippen LogP contribution in [-0.2, 0) is 6.54 Å². The van der Waals surface area contributed by atoms with Crippen LogP contribution in [0.2, 0.25) is 0 Å². The first-order chi connectivity index (χ1) is 13.8. The van der Waals surface area contributed by atoms with E-state index in [1.165, 1.54) is 18.4 Å². The summed E-state index contributed by atoms with van der Waals surface area (Å²) in [6.45, 7) is 3.85. The van der Waals surface area contributed by atoms with Crippen LogP contribution in [0.3, 0.4) is 0 Å². The van der Waals surface area contributed by atoms with Gasteiger partial charge < -0.3 is 10.1 Å². The first-order valence-corrected chi connectivity index (χ1v) is 10.5. The van der Waals surface area contributed by atoms with Crippen molar-refractivity contribution in [2.45, 2.75) is 25.4 Å². The fourth-order valence-corrected chi connectivity index (χ4v) is 4.43. The third-order valence-corrected chi connectivity index (χ3v) is 5.92. The predicted octanol–water partition coefficient (Wildman–Crippen LogP) is 3.54. The summed E-state index contributed by atoms with van der Waals surface area (Å²) in [6, 6.07) is 10.5. The van der Waals surface area contributed by atoms with Gasteiger partial charge >= 0.3 is 0 Å². The number of methoxy groups -OCH3 is 1. The van der Waals surface area contributed by atoms with Crippen LogP contribution in [0, 0.1) is 0 Å². The number of ether oxygens (including phenoxy) is 1. The monoisotopic (exact) mass is 395 g/mol. The molecule has 2 aromatic heterocycles. The molecule has 1 saturated heterocycles. The first-order valence-electron chi connectivity index (χ1n) is 9.64. The molecule has 0 radical (unpaired) electrons. The molecule has 0 saturated carbocycles. The van der Waals surface area contributed by atoms with Crippen LogP contribution < -0.4 is 10.1 Å². The fourth-order valence-electron chi connectivity index (χ4n) is 3.67. The molecule has 1 fully saturated rings. The van der Waals surface area contributed by atoms with E-state index in [0.29, 0.717) is 11.9 Å². The molecule has 146 valence electrons. The Kier molecular flexibility index (Phi) is 6.26.